The normalized spacial score (nSPS) is 14.7. The maximum atomic E-state index is 13.4. The Morgan fingerprint density at radius 2 is 1.78 bits per heavy atom. The summed E-state index contributed by atoms with van der Waals surface area (Å²) in [5, 5.41) is 10.9. The van der Waals surface area contributed by atoms with Crippen LogP contribution in [0.25, 0.3) is 0 Å². The Morgan fingerprint density at radius 1 is 1.03 bits per heavy atom. The van der Waals surface area contributed by atoms with Gasteiger partial charge in [0.1, 0.15) is 12.3 Å². The van der Waals surface area contributed by atoms with Crippen LogP contribution < -0.4 is 19.5 Å². The number of para-hydroxylation sites is 2. The molecule has 3 amide bonds. The Morgan fingerprint density at radius 3 is 2.47 bits per heavy atom. The van der Waals surface area contributed by atoms with Crippen LogP contribution in [0.2, 0.25) is 0 Å². The topological polar surface area (TPSA) is 92.7 Å². The van der Waals surface area contributed by atoms with Crippen molar-refractivity contribution in [1.82, 2.24) is 9.91 Å². The van der Waals surface area contributed by atoms with Gasteiger partial charge in [0.15, 0.2) is 11.5 Å². The Kier molecular flexibility index (Phi) is 7.74. The Labute approximate surface area is 213 Å². The zero-order chi connectivity index (χ0) is 25.7. The van der Waals surface area contributed by atoms with E-state index in [0.717, 1.165) is 16.2 Å². The summed E-state index contributed by atoms with van der Waals surface area (Å²) in [7, 11) is 6.24. The fraction of sp³-hybridized carbons (Fsp3) is 0.269. The molecule has 1 atom stereocenters. The Bertz CT molecular complexity index is 1260. The lowest BCUT2D eigenvalue weighted by molar-refractivity contribution is -0.133. The molecule has 0 saturated carbocycles. The maximum absolute atomic E-state index is 13.4. The number of benzene rings is 2. The third-order valence-electron chi connectivity index (χ3n) is 5.83. The van der Waals surface area contributed by atoms with Crippen molar-refractivity contribution in [2.24, 2.45) is 5.10 Å². The summed E-state index contributed by atoms with van der Waals surface area (Å²) in [5.41, 5.74) is 2.20. The van der Waals surface area contributed by atoms with Gasteiger partial charge in [-0.05, 0) is 41.3 Å². The molecule has 3 aromatic rings. The number of carbonyl (C=O) groups excluding carboxylic acids is 2. The van der Waals surface area contributed by atoms with Gasteiger partial charge < -0.3 is 24.4 Å². The number of nitrogens with one attached hydrogen (secondary N) is 1. The van der Waals surface area contributed by atoms with Crippen LogP contribution in [-0.4, -0.2) is 62.5 Å². The highest BCUT2D eigenvalue weighted by atomic mass is 32.1. The summed E-state index contributed by atoms with van der Waals surface area (Å²) in [5.74, 6) is 1.40. The first-order valence-electron chi connectivity index (χ1n) is 11.3. The first-order chi connectivity index (χ1) is 17.4. The number of amides is 3. The molecular formula is C26H28N4O5S. The van der Waals surface area contributed by atoms with Gasteiger partial charge >= 0.3 is 6.03 Å². The fourth-order valence-electron chi connectivity index (χ4n) is 3.96. The van der Waals surface area contributed by atoms with E-state index in [2.05, 4.69) is 10.4 Å². The summed E-state index contributed by atoms with van der Waals surface area (Å²) in [6.07, 6.45) is 0.541. The van der Waals surface area contributed by atoms with Crippen molar-refractivity contribution in [3.8, 4) is 17.2 Å². The summed E-state index contributed by atoms with van der Waals surface area (Å²) >= 11 is 1.57. The summed E-state index contributed by atoms with van der Waals surface area (Å²) < 4.78 is 16.1. The highest BCUT2D eigenvalue weighted by Gasteiger charge is 2.34. The zero-order valence-electron chi connectivity index (χ0n) is 20.6. The Balaban J connectivity index is 1.55. The number of hydrogen-bond donors (Lipinski definition) is 1. The SMILES string of the molecule is COc1ccccc1NC(=O)N(C)CC(=O)N1N=C(c2cccs2)C[C@H]1c1ccc(OC)c(OC)c1. The second-order valence-corrected chi connectivity index (χ2v) is 9.03. The van der Waals surface area contributed by atoms with E-state index in [1.807, 2.05) is 41.8 Å². The first-order valence-corrected chi connectivity index (χ1v) is 12.1. The molecule has 4 rings (SSSR count). The van der Waals surface area contributed by atoms with Gasteiger partial charge in [-0.3, -0.25) is 4.79 Å². The van der Waals surface area contributed by atoms with Crippen molar-refractivity contribution in [2.45, 2.75) is 12.5 Å². The predicted molar refractivity (Wildman–Crippen MR) is 139 cm³/mol. The number of rotatable bonds is 8. The van der Waals surface area contributed by atoms with Gasteiger partial charge in [-0.25, -0.2) is 9.80 Å². The van der Waals surface area contributed by atoms with E-state index in [4.69, 9.17) is 14.2 Å². The van der Waals surface area contributed by atoms with Crippen LogP contribution >= 0.6 is 11.3 Å². The van der Waals surface area contributed by atoms with Gasteiger partial charge in [-0.2, -0.15) is 5.10 Å². The number of nitrogens with zero attached hydrogens (tertiary/aromatic N) is 3. The van der Waals surface area contributed by atoms with Crippen molar-refractivity contribution >= 4 is 34.7 Å². The van der Waals surface area contributed by atoms with Crippen molar-refractivity contribution < 1.29 is 23.8 Å². The second-order valence-electron chi connectivity index (χ2n) is 8.08. The lowest BCUT2D eigenvalue weighted by Gasteiger charge is -2.25. The molecule has 0 radical (unpaired) electrons. The molecule has 0 bridgehead atoms. The van der Waals surface area contributed by atoms with Crippen molar-refractivity contribution in [3.63, 3.8) is 0 Å². The molecule has 0 spiro atoms. The molecule has 1 aliphatic rings. The number of thiophene rings is 1. The quantitative estimate of drug-likeness (QED) is 0.480. The van der Waals surface area contributed by atoms with Gasteiger partial charge in [0.25, 0.3) is 5.91 Å². The average molecular weight is 509 g/mol. The molecule has 0 aliphatic carbocycles. The van der Waals surface area contributed by atoms with E-state index in [1.165, 1.54) is 17.0 Å². The smallest absolute Gasteiger partial charge is 0.322 e. The van der Waals surface area contributed by atoms with Crippen LogP contribution in [0, 0.1) is 0 Å². The predicted octanol–water partition coefficient (Wildman–Crippen LogP) is 4.62. The molecule has 9 nitrogen and oxygen atoms in total. The number of anilines is 1. The number of hydrogen-bond acceptors (Lipinski definition) is 7. The van der Waals surface area contributed by atoms with E-state index in [0.29, 0.717) is 29.4 Å². The molecule has 1 N–H and O–H groups in total. The van der Waals surface area contributed by atoms with Crippen LogP contribution in [0.15, 0.2) is 65.1 Å². The van der Waals surface area contributed by atoms with E-state index < -0.39 is 6.03 Å². The highest BCUT2D eigenvalue weighted by molar-refractivity contribution is 7.12. The minimum Gasteiger partial charge on any atom is -0.495 e. The van der Waals surface area contributed by atoms with Crippen LogP contribution in [0.1, 0.15) is 22.9 Å². The van der Waals surface area contributed by atoms with Gasteiger partial charge in [-0.1, -0.05) is 24.3 Å². The minimum absolute atomic E-state index is 0.161. The number of urea groups is 1. The molecule has 0 fully saturated rings. The minimum atomic E-state index is -0.433. The van der Waals surface area contributed by atoms with Gasteiger partial charge in [0, 0.05) is 13.5 Å². The number of hydrazone groups is 1. The Hall–Kier alpha value is -4.05. The standard InChI is InChI=1S/C26H28N4O5S/c1-29(26(32)27-18-8-5-6-9-21(18)33-2)16-25(31)30-20(15-19(28-30)24-10-7-13-36-24)17-11-12-22(34-3)23(14-17)35-4/h5-14,20H,15-16H2,1-4H3,(H,27,32)/t20-/m0/s1. The second kappa shape index (κ2) is 11.1. The molecule has 1 aromatic heterocycles. The number of ether oxygens (including phenoxy) is 3. The fourth-order valence-corrected chi connectivity index (χ4v) is 4.68. The van der Waals surface area contributed by atoms with Crippen molar-refractivity contribution in [2.75, 3.05) is 40.2 Å². The molecule has 0 saturated heterocycles. The largest absolute Gasteiger partial charge is 0.495 e. The summed E-state index contributed by atoms with van der Waals surface area (Å²) in [6, 6.07) is 15.8. The van der Waals surface area contributed by atoms with Gasteiger partial charge in [0.05, 0.1) is 43.6 Å². The van der Waals surface area contributed by atoms with E-state index in [9.17, 15) is 9.59 Å². The highest BCUT2D eigenvalue weighted by Crippen LogP contribution is 2.38. The molecule has 10 heteroatoms. The van der Waals surface area contributed by atoms with Crippen LogP contribution in [-0.2, 0) is 4.79 Å². The summed E-state index contributed by atoms with van der Waals surface area (Å²) in [6.45, 7) is -0.161. The first kappa shape index (κ1) is 25.1. The lowest BCUT2D eigenvalue weighted by Crippen LogP contribution is -2.41. The monoisotopic (exact) mass is 508 g/mol. The van der Waals surface area contributed by atoms with Crippen LogP contribution in [0.4, 0.5) is 10.5 Å². The van der Waals surface area contributed by atoms with Crippen molar-refractivity contribution in [3.05, 3.63) is 70.4 Å². The van der Waals surface area contributed by atoms with Gasteiger partial charge in [0.2, 0.25) is 0 Å². The molecule has 2 heterocycles. The zero-order valence-corrected chi connectivity index (χ0v) is 21.4. The maximum Gasteiger partial charge on any atom is 0.322 e. The number of likely N-dealkylation sites (N-methyl/N-ethyl adjacent to an activating group) is 1. The van der Waals surface area contributed by atoms with Gasteiger partial charge in [-0.15, -0.1) is 11.3 Å². The van der Waals surface area contributed by atoms with E-state index >= 15 is 0 Å². The number of methoxy groups -OCH3 is 3. The lowest BCUT2D eigenvalue weighted by atomic mass is 10.0. The molecular weight excluding hydrogens is 480 g/mol. The molecule has 2 aromatic carbocycles. The third kappa shape index (κ3) is 5.28. The third-order valence-corrected chi connectivity index (χ3v) is 6.75. The van der Waals surface area contributed by atoms with Crippen LogP contribution in [0.3, 0.4) is 0 Å². The van der Waals surface area contributed by atoms with Crippen molar-refractivity contribution in [1.29, 1.82) is 0 Å². The van der Waals surface area contributed by atoms with E-state index in [1.54, 1.807) is 50.8 Å². The number of carbonyl (C=O) groups is 2. The van der Waals surface area contributed by atoms with E-state index in [-0.39, 0.29) is 18.5 Å². The molecule has 36 heavy (non-hydrogen) atoms. The summed E-state index contributed by atoms with van der Waals surface area (Å²) in [4.78, 5) is 28.6. The average Bonchev–Trinajstić information content (AvgIpc) is 3.59. The molecule has 188 valence electrons. The molecule has 0 unspecified atom stereocenters. The van der Waals surface area contributed by atoms with Crippen LogP contribution in [0.5, 0.6) is 17.2 Å². The molecule has 1 aliphatic heterocycles.